The molecule has 0 atom stereocenters. The third kappa shape index (κ3) is 5.06. The highest BCUT2D eigenvalue weighted by Crippen LogP contribution is 2.11. The molecule has 128 valence electrons. The van der Waals surface area contributed by atoms with Crippen molar-refractivity contribution < 1.29 is 0 Å². The Bertz CT molecular complexity index is 553. The maximum Gasteiger partial charge on any atom is 0.191 e. The molecule has 1 aromatic heterocycles. The summed E-state index contributed by atoms with van der Waals surface area (Å²) in [7, 11) is 3.77. The van der Waals surface area contributed by atoms with E-state index in [1.54, 1.807) is 7.05 Å². The second-order valence-corrected chi connectivity index (χ2v) is 6.30. The molecule has 0 aliphatic carbocycles. The average molecular weight is 319 g/mol. The first-order chi connectivity index (χ1) is 11.0. The van der Waals surface area contributed by atoms with Crippen LogP contribution in [0.3, 0.4) is 0 Å². The van der Waals surface area contributed by atoms with E-state index in [9.17, 15) is 0 Å². The summed E-state index contributed by atoms with van der Waals surface area (Å²) in [5.74, 6) is 2.64. The van der Waals surface area contributed by atoms with Gasteiger partial charge in [-0.2, -0.15) is 0 Å². The van der Waals surface area contributed by atoms with Crippen LogP contribution in [0.2, 0.25) is 0 Å². The minimum atomic E-state index is 0.462. The predicted octanol–water partition coefficient (Wildman–Crippen LogP) is 0.829. The first-order valence-corrected chi connectivity index (χ1v) is 8.18. The Morgan fingerprint density at radius 2 is 2.04 bits per heavy atom. The van der Waals surface area contributed by atoms with Crippen LogP contribution in [0.5, 0.6) is 0 Å². The van der Waals surface area contributed by atoms with Crippen LogP contribution in [0, 0.1) is 6.92 Å². The van der Waals surface area contributed by atoms with Gasteiger partial charge < -0.3 is 15.2 Å². The van der Waals surface area contributed by atoms with Crippen LogP contribution in [0.15, 0.2) is 17.1 Å². The van der Waals surface area contributed by atoms with E-state index in [0.717, 1.165) is 50.1 Å². The number of piperidine rings is 1. The Kier molecular flexibility index (Phi) is 6.15. The summed E-state index contributed by atoms with van der Waals surface area (Å²) in [4.78, 5) is 6.77. The Morgan fingerprint density at radius 3 is 2.57 bits per heavy atom. The van der Waals surface area contributed by atoms with Crippen molar-refractivity contribution in [1.29, 1.82) is 0 Å². The molecule has 2 rings (SSSR count). The van der Waals surface area contributed by atoms with Crippen molar-refractivity contribution in [3.8, 4) is 0 Å². The molecule has 1 fully saturated rings. The van der Waals surface area contributed by atoms with Gasteiger partial charge >= 0.3 is 0 Å². The number of aryl methyl sites for hydroxylation is 1. The zero-order valence-electron chi connectivity index (χ0n) is 14.8. The number of aromatic nitrogens is 3. The van der Waals surface area contributed by atoms with Gasteiger partial charge in [0.1, 0.15) is 5.82 Å². The highest BCUT2D eigenvalue weighted by atomic mass is 15.3. The lowest BCUT2D eigenvalue weighted by Gasteiger charge is -2.33. The lowest BCUT2D eigenvalue weighted by Crippen LogP contribution is -2.48. The SMILES string of the molecule is C=C(C)CN1CCC(NC(=NC)NCc2nnc(C)n2C)CC1. The van der Waals surface area contributed by atoms with Gasteiger partial charge in [0.25, 0.3) is 0 Å². The van der Waals surface area contributed by atoms with Crippen molar-refractivity contribution in [2.45, 2.75) is 39.3 Å². The highest BCUT2D eigenvalue weighted by Gasteiger charge is 2.19. The van der Waals surface area contributed by atoms with Crippen molar-refractivity contribution in [3.63, 3.8) is 0 Å². The fourth-order valence-electron chi connectivity index (χ4n) is 2.77. The van der Waals surface area contributed by atoms with E-state index < -0.39 is 0 Å². The van der Waals surface area contributed by atoms with E-state index in [2.05, 4.69) is 44.2 Å². The molecule has 0 bridgehead atoms. The van der Waals surface area contributed by atoms with E-state index >= 15 is 0 Å². The summed E-state index contributed by atoms with van der Waals surface area (Å²) in [6.07, 6.45) is 2.24. The molecule has 1 aromatic rings. The van der Waals surface area contributed by atoms with Crippen molar-refractivity contribution in [2.24, 2.45) is 12.0 Å². The van der Waals surface area contributed by atoms with E-state index in [-0.39, 0.29) is 0 Å². The lowest BCUT2D eigenvalue weighted by molar-refractivity contribution is 0.221. The molecule has 0 saturated carbocycles. The van der Waals surface area contributed by atoms with Gasteiger partial charge in [-0.05, 0) is 26.7 Å². The second kappa shape index (κ2) is 8.10. The standard InChI is InChI=1S/C16H29N7/c1-12(2)11-23-8-6-14(7-9-23)19-16(17-4)18-10-15-21-20-13(3)22(15)5/h14H,1,6-11H2,2-5H3,(H2,17,18,19). The number of hydrogen-bond acceptors (Lipinski definition) is 4. The zero-order valence-corrected chi connectivity index (χ0v) is 14.8. The quantitative estimate of drug-likeness (QED) is 0.478. The zero-order chi connectivity index (χ0) is 16.8. The van der Waals surface area contributed by atoms with Crippen molar-refractivity contribution >= 4 is 5.96 Å². The van der Waals surface area contributed by atoms with Gasteiger partial charge in [-0.25, -0.2) is 0 Å². The molecule has 0 radical (unpaired) electrons. The number of likely N-dealkylation sites (tertiary alicyclic amines) is 1. The first kappa shape index (κ1) is 17.5. The van der Waals surface area contributed by atoms with Crippen LogP contribution in [0.4, 0.5) is 0 Å². The lowest BCUT2D eigenvalue weighted by atomic mass is 10.0. The molecule has 7 heteroatoms. The number of nitrogens with zero attached hydrogens (tertiary/aromatic N) is 5. The van der Waals surface area contributed by atoms with Gasteiger partial charge in [-0.15, -0.1) is 10.2 Å². The molecular formula is C16H29N7. The third-order valence-corrected chi connectivity index (χ3v) is 4.24. The maximum absolute atomic E-state index is 4.31. The molecule has 1 saturated heterocycles. The fourth-order valence-corrected chi connectivity index (χ4v) is 2.77. The minimum absolute atomic E-state index is 0.462. The first-order valence-electron chi connectivity index (χ1n) is 8.18. The number of hydrogen-bond donors (Lipinski definition) is 2. The molecule has 1 aliphatic heterocycles. The largest absolute Gasteiger partial charge is 0.354 e. The number of aliphatic imine (C=N–C) groups is 1. The Labute approximate surface area is 138 Å². The van der Waals surface area contributed by atoms with Crippen LogP contribution in [0.25, 0.3) is 0 Å². The fraction of sp³-hybridized carbons (Fsp3) is 0.688. The van der Waals surface area contributed by atoms with E-state index in [1.165, 1.54) is 5.57 Å². The summed E-state index contributed by atoms with van der Waals surface area (Å²) in [6.45, 7) is 11.9. The van der Waals surface area contributed by atoms with Gasteiger partial charge in [0, 0.05) is 39.8 Å². The molecule has 0 amide bonds. The number of nitrogens with one attached hydrogen (secondary N) is 2. The van der Waals surface area contributed by atoms with Crippen LogP contribution in [-0.2, 0) is 13.6 Å². The van der Waals surface area contributed by atoms with Gasteiger partial charge in [0.15, 0.2) is 11.8 Å². The predicted molar refractivity (Wildman–Crippen MR) is 93.4 cm³/mol. The average Bonchev–Trinajstić information content (AvgIpc) is 2.84. The normalized spacial score (nSPS) is 17.3. The summed E-state index contributed by atoms with van der Waals surface area (Å²) >= 11 is 0. The summed E-state index contributed by atoms with van der Waals surface area (Å²) in [6, 6.07) is 0.462. The molecular weight excluding hydrogens is 290 g/mol. The van der Waals surface area contributed by atoms with E-state index in [0.29, 0.717) is 12.6 Å². The molecule has 2 N–H and O–H groups in total. The molecule has 0 aromatic carbocycles. The van der Waals surface area contributed by atoms with E-state index in [4.69, 9.17) is 0 Å². The van der Waals surface area contributed by atoms with Crippen LogP contribution >= 0.6 is 0 Å². The Balaban J connectivity index is 1.77. The van der Waals surface area contributed by atoms with Crippen molar-refractivity contribution in [3.05, 3.63) is 23.8 Å². The molecule has 0 spiro atoms. The smallest absolute Gasteiger partial charge is 0.191 e. The summed E-state index contributed by atoms with van der Waals surface area (Å²) in [5, 5.41) is 15.1. The van der Waals surface area contributed by atoms with Gasteiger partial charge in [-0.3, -0.25) is 9.89 Å². The van der Waals surface area contributed by atoms with E-state index in [1.807, 2.05) is 18.5 Å². The third-order valence-electron chi connectivity index (χ3n) is 4.24. The van der Waals surface area contributed by atoms with Gasteiger partial charge in [0.2, 0.25) is 0 Å². The topological polar surface area (TPSA) is 70.4 Å². The second-order valence-electron chi connectivity index (χ2n) is 6.30. The molecule has 0 unspecified atom stereocenters. The highest BCUT2D eigenvalue weighted by molar-refractivity contribution is 5.79. The summed E-state index contributed by atoms with van der Waals surface area (Å²) < 4.78 is 1.98. The molecule has 23 heavy (non-hydrogen) atoms. The minimum Gasteiger partial charge on any atom is -0.354 e. The van der Waals surface area contributed by atoms with Crippen LogP contribution in [-0.4, -0.2) is 58.3 Å². The van der Waals surface area contributed by atoms with Crippen molar-refractivity contribution in [2.75, 3.05) is 26.7 Å². The number of guanidine groups is 1. The Hall–Kier alpha value is -1.89. The summed E-state index contributed by atoms with van der Waals surface area (Å²) in [5.41, 5.74) is 1.23. The maximum atomic E-state index is 4.31. The molecule has 7 nitrogen and oxygen atoms in total. The van der Waals surface area contributed by atoms with Crippen LogP contribution < -0.4 is 10.6 Å². The number of rotatable bonds is 5. The monoisotopic (exact) mass is 319 g/mol. The van der Waals surface area contributed by atoms with Crippen LogP contribution in [0.1, 0.15) is 31.4 Å². The van der Waals surface area contributed by atoms with Gasteiger partial charge in [0.05, 0.1) is 6.54 Å². The molecule has 2 heterocycles. The Morgan fingerprint density at radius 1 is 1.35 bits per heavy atom. The molecule has 1 aliphatic rings. The van der Waals surface area contributed by atoms with Gasteiger partial charge in [-0.1, -0.05) is 12.2 Å². The van der Waals surface area contributed by atoms with Crippen molar-refractivity contribution in [1.82, 2.24) is 30.3 Å².